The van der Waals surface area contributed by atoms with Crippen molar-refractivity contribution in [1.82, 2.24) is 14.7 Å². The quantitative estimate of drug-likeness (QED) is 0.696. The van der Waals surface area contributed by atoms with Crippen molar-refractivity contribution in [2.24, 2.45) is 0 Å². The SMILES string of the molecule is C=CCN(CCO)Cc1cc(CC)nn1CC. The van der Waals surface area contributed by atoms with Crippen LogP contribution >= 0.6 is 0 Å². The van der Waals surface area contributed by atoms with Gasteiger partial charge in [0.05, 0.1) is 18.0 Å². The summed E-state index contributed by atoms with van der Waals surface area (Å²) >= 11 is 0. The smallest absolute Gasteiger partial charge is 0.0625 e. The van der Waals surface area contributed by atoms with Gasteiger partial charge in [-0.15, -0.1) is 6.58 Å². The monoisotopic (exact) mass is 237 g/mol. The number of aryl methyl sites for hydroxylation is 2. The van der Waals surface area contributed by atoms with Crippen molar-refractivity contribution in [2.45, 2.75) is 33.4 Å². The van der Waals surface area contributed by atoms with Gasteiger partial charge in [-0.1, -0.05) is 13.0 Å². The average Bonchev–Trinajstić information content (AvgIpc) is 2.72. The molecule has 0 spiro atoms. The molecule has 1 heterocycles. The van der Waals surface area contributed by atoms with Gasteiger partial charge in [0, 0.05) is 26.2 Å². The molecule has 1 aromatic heterocycles. The van der Waals surface area contributed by atoms with E-state index in [1.807, 2.05) is 10.8 Å². The molecular weight excluding hydrogens is 214 g/mol. The lowest BCUT2D eigenvalue weighted by Gasteiger charge is -2.19. The van der Waals surface area contributed by atoms with Crippen LogP contribution in [-0.4, -0.2) is 39.5 Å². The summed E-state index contributed by atoms with van der Waals surface area (Å²) in [5.41, 5.74) is 2.34. The molecule has 1 aromatic rings. The third-order valence-electron chi connectivity index (χ3n) is 2.76. The highest BCUT2D eigenvalue weighted by atomic mass is 16.3. The van der Waals surface area contributed by atoms with E-state index >= 15 is 0 Å². The van der Waals surface area contributed by atoms with Crippen molar-refractivity contribution < 1.29 is 5.11 Å². The molecule has 4 heteroatoms. The maximum atomic E-state index is 9.02. The maximum absolute atomic E-state index is 9.02. The Morgan fingerprint density at radius 1 is 1.53 bits per heavy atom. The van der Waals surface area contributed by atoms with Crippen LogP contribution < -0.4 is 0 Å². The summed E-state index contributed by atoms with van der Waals surface area (Å²) in [5, 5.41) is 13.5. The van der Waals surface area contributed by atoms with Crippen molar-refractivity contribution in [2.75, 3.05) is 19.7 Å². The van der Waals surface area contributed by atoms with Gasteiger partial charge in [-0.25, -0.2) is 0 Å². The maximum Gasteiger partial charge on any atom is 0.0625 e. The predicted molar refractivity (Wildman–Crippen MR) is 69.8 cm³/mol. The number of aliphatic hydroxyl groups excluding tert-OH is 1. The highest BCUT2D eigenvalue weighted by Crippen LogP contribution is 2.09. The molecule has 1 rings (SSSR count). The molecule has 17 heavy (non-hydrogen) atoms. The molecular formula is C13H23N3O. The Bertz CT molecular complexity index is 346. The highest BCUT2D eigenvalue weighted by molar-refractivity contribution is 5.10. The van der Waals surface area contributed by atoms with E-state index in [0.717, 1.165) is 31.7 Å². The molecule has 0 bridgehead atoms. The molecule has 0 unspecified atom stereocenters. The molecule has 0 saturated heterocycles. The van der Waals surface area contributed by atoms with E-state index in [0.29, 0.717) is 6.54 Å². The minimum atomic E-state index is 0.175. The molecule has 0 fully saturated rings. The van der Waals surface area contributed by atoms with Crippen molar-refractivity contribution in [3.8, 4) is 0 Å². The van der Waals surface area contributed by atoms with E-state index in [2.05, 4.69) is 36.5 Å². The average molecular weight is 237 g/mol. The normalized spacial score (nSPS) is 11.1. The van der Waals surface area contributed by atoms with E-state index in [9.17, 15) is 0 Å². The van der Waals surface area contributed by atoms with Crippen molar-refractivity contribution in [3.63, 3.8) is 0 Å². The van der Waals surface area contributed by atoms with Crippen LogP contribution in [0.25, 0.3) is 0 Å². The van der Waals surface area contributed by atoms with Crippen LogP contribution in [0.4, 0.5) is 0 Å². The third kappa shape index (κ3) is 3.98. The van der Waals surface area contributed by atoms with Crippen LogP contribution in [0.5, 0.6) is 0 Å². The molecule has 0 saturated carbocycles. The number of hydrogen-bond donors (Lipinski definition) is 1. The Hall–Kier alpha value is -1.13. The zero-order valence-corrected chi connectivity index (χ0v) is 10.9. The first-order chi connectivity index (χ1) is 8.24. The Labute approximate surface area is 104 Å². The second kappa shape index (κ2) is 7.25. The van der Waals surface area contributed by atoms with Crippen LogP contribution in [0.2, 0.25) is 0 Å². The minimum absolute atomic E-state index is 0.175. The van der Waals surface area contributed by atoms with Gasteiger partial charge in [0.25, 0.3) is 0 Å². The Balaban J connectivity index is 2.75. The van der Waals surface area contributed by atoms with E-state index in [1.165, 1.54) is 5.69 Å². The summed E-state index contributed by atoms with van der Waals surface area (Å²) < 4.78 is 2.03. The molecule has 0 atom stereocenters. The van der Waals surface area contributed by atoms with E-state index in [4.69, 9.17) is 5.11 Å². The summed E-state index contributed by atoms with van der Waals surface area (Å²) in [5.74, 6) is 0. The molecule has 0 amide bonds. The Morgan fingerprint density at radius 2 is 2.29 bits per heavy atom. The third-order valence-corrected chi connectivity index (χ3v) is 2.76. The minimum Gasteiger partial charge on any atom is -0.395 e. The van der Waals surface area contributed by atoms with Crippen LogP contribution in [0, 0.1) is 0 Å². The first-order valence-electron chi connectivity index (χ1n) is 6.24. The number of aromatic nitrogens is 2. The summed E-state index contributed by atoms with van der Waals surface area (Å²) in [4.78, 5) is 2.16. The van der Waals surface area contributed by atoms with E-state index < -0.39 is 0 Å². The predicted octanol–water partition coefficient (Wildman–Crippen LogP) is 1.45. The van der Waals surface area contributed by atoms with Crippen molar-refractivity contribution in [3.05, 3.63) is 30.1 Å². The first kappa shape index (κ1) is 13.9. The van der Waals surface area contributed by atoms with E-state index in [-0.39, 0.29) is 6.61 Å². The zero-order chi connectivity index (χ0) is 12.7. The molecule has 0 aliphatic carbocycles. The topological polar surface area (TPSA) is 41.3 Å². The van der Waals surface area contributed by atoms with Crippen LogP contribution in [0.3, 0.4) is 0 Å². The summed E-state index contributed by atoms with van der Waals surface area (Å²) in [6, 6.07) is 2.15. The highest BCUT2D eigenvalue weighted by Gasteiger charge is 2.09. The Kier molecular flexibility index (Phi) is 5.94. The standard InChI is InChI=1S/C13H23N3O/c1-4-7-15(8-9-17)11-13-10-12(5-2)14-16(13)6-3/h4,10,17H,1,5-9,11H2,2-3H3. The lowest BCUT2D eigenvalue weighted by molar-refractivity contribution is 0.200. The van der Waals surface area contributed by atoms with Crippen LogP contribution in [0.1, 0.15) is 25.2 Å². The number of aliphatic hydroxyl groups is 1. The Morgan fingerprint density at radius 3 is 2.82 bits per heavy atom. The van der Waals surface area contributed by atoms with Gasteiger partial charge in [-0.3, -0.25) is 9.58 Å². The second-order valence-corrected chi connectivity index (χ2v) is 4.04. The molecule has 4 nitrogen and oxygen atoms in total. The summed E-state index contributed by atoms with van der Waals surface area (Å²) in [6.45, 7) is 11.3. The lowest BCUT2D eigenvalue weighted by atomic mass is 10.3. The fourth-order valence-electron chi connectivity index (χ4n) is 1.88. The molecule has 0 aromatic carbocycles. The molecule has 0 radical (unpaired) electrons. The number of nitrogens with zero attached hydrogens (tertiary/aromatic N) is 3. The van der Waals surface area contributed by atoms with Crippen LogP contribution in [-0.2, 0) is 19.5 Å². The van der Waals surface area contributed by atoms with E-state index in [1.54, 1.807) is 0 Å². The van der Waals surface area contributed by atoms with Gasteiger partial charge < -0.3 is 5.11 Å². The summed E-state index contributed by atoms with van der Waals surface area (Å²) in [7, 11) is 0. The first-order valence-corrected chi connectivity index (χ1v) is 6.24. The number of hydrogen-bond acceptors (Lipinski definition) is 3. The number of rotatable bonds is 8. The van der Waals surface area contributed by atoms with Crippen LogP contribution in [0.15, 0.2) is 18.7 Å². The zero-order valence-electron chi connectivity index (χ0n) is 10.9. The fraction of sp³-hybridized carbons (Fsp3) is 0.615. The fourth-order valence-corrected chi connectivity index (χ4v) is 1.88. The molecule has 0 aliphatic rings. The van der Waals surface area contributed by atoms with Gasteiger partial charge in [-0.2, -0.15) is 5.10 Å². The second-order valence-electron chi connectivity index (χ2n) is 4.04. The van der Waals surface area contributed by atoms with Gasteiger partial charge >= 0.3 is 0 Å². The molecule has 96 valence electrons. The van der Waals surface area contributed by atoms with Crippen molar-refractivity contribution in [1.29, 1.82) is 0 Å². The van der Waals surface area contributed by atoms with Gasteiger partial charge in [0.1, 0.15) is 0 Å². The summed E-state index contributed by atoms with van der Waals surface area (Å²) in [6.07, 6.45) is 2.82. The molecule has 0 aliphatic heterocycles. The van der Waals surface area contributed by atoms with Gasteiger partial charge in [0.15, 0.2) is 0 Å². The largest absolute Gasteiger partial charge is 0.395 e. The van der Waals surface area contributed by atoms with Crippen molar-refractivity contribution >= 4 is 0 Å². The van der Waals surface area contributed by atoms with Gasteiger partial charge in [-0.05, 0) is 19.4 Å². The lowest BCUT2D eigenvalue weighted by Crippen LogP contribution is -2.27. The molecule has 1 N–H and O–H groups in total. The van der Waals surface area contributed by atoms with Gasteiger partial charge in [0.2, 0.25) is 0 Å².